The summed E-state index contributed by atoms with van der Waals surface area (Å²) >= 11 is 9.44. The van der Waals surface area contributed by atoms with E-state index in [0.717, 1.165) is 9.28 Å². The lowest BCUT2D eigenvalue weighted by atomic mass is 10.1. The van der Waals surface area contributed by atoms with E-state index in [1.54, 1.807) is 5.56 Å². The number of benzene rings is 1. The summed E-state index contributed by atoms with van der Waals surface area (Å²) in [6.07, 6.45) is 28.2. The fourth-order valence-corrected chi connectivity index (χ4v) is 12.4. The molecule has 0 atom stereocenters. The Morgan fingerprint density at radius 1 is 0.568 bits per heavy atom. The first kappa shape index (κ1) is 35.5. The van der Waals surface area contributed by atoms with Crippen LogP contribution in [0.3, 0.4) is 0 Å². The highest BCUT2D eigenvalue weighted by molar-refractivity contribution is 8.46. The van der Waals surface area contributed by atoms with E-state index in [2.05, 4.69) is 52.0 Å². The minimum absolute atomic E-state index is 0.874. The molecule has 0 saturated heterocycles. The number of unbranched alkanes of at least 4 members (excludes halogenated alkanes) is 12. The van der Waals surface area contributed by atoms with Crippen LogP contribution in [0.5, 0.6) is 0 Å². The van der Waals surface area contributed by atoms with E-state index in [1.807, 2.05) is 23.5 Å². The zero-order valence-electron chi connectivity index (χ0n) is 25.0. The van der Waals surface area contributed by atoms with Gasteiger partial charge in [0, 0.05) is 13.0 Å². The van der Waals surface area contributed by atoms with Crippen molar-refractivity contribution in [3.8, 4) is 0 Å². The van der Waals surface area contributed by atoms with Gasteiger partial charge in [-0.3, -0.25) is 0 Å². The maximum Gasteiger partial charge on any atom is 0.104 e. The van der Waals surface area contributed by atoms with Gasteiger partial charge in [0.1, 0.15) is 3.53 Å². The third-order valence-electron chi connectivity index (χ3n) is 7.57. The molecule has 0 unspecified atom stereocenters. The molecule has 1 aromatic rings. The maximum atomic E-state index is 5.67. The van der Waals surface area contributed by atoms with Crippen molar-refractivity contribution in [2.75, 3.05) is 24.2 Å². The molecule has 1 aromatic carbocycles. The Morgan fingerprint density at radius 3 is 1.49 bits per heavy atom. The van der Waals surface area contributed by atoms with Gasteiger partial charge in [0.2, 0.25) is 0 Å². The molecule has 0 aliphatic rings. The normalized spacial score (nSPS) is 11.8. The average Bonchev–Trinajstić information content (AvgIpc) is 2.92. The van der Waals surface area contributed by atoms with Crippen molar-refractivity contribution >= 4 is 46.5 Å². The molecule has 0 fully saturated rings. The van der Waals surface area contributed by atoms with Gasteiger partial charge in [-0.05, 0) is 42.6 Å². The SMILES string of the molecule is CCCCCCCCCCCCSC(=S)SCc1ccc(C[P+](CCCC)(CCCC)CCCC)cc1. The van der Waals surface area contributed by atoms with Gasteiger partial charge >= 0.3 is 0 Å². The van der Waals surface area contributed by atoms with Crippen molar-refractivity contribution in [1.82, 2.24) is 0 Å². The van der Waals surface area contributed by atoms with Gasteiger partial charge in [-0.2, -0.15) is 0 Å². The van der Waals surface area contributed by atoms with Crippen LogP contribution in [0.1, 0.15) is 142 Å². The van der Waals surface area contributed by atoms with E-state index in [4.69, 9.17) is 12.2 Å². The number of hydrogen-bond acceptors (Lipinski definition) is 3. The summed E-state index contributed by atoms with van der Waals surface area (Å²) in [6.45, 7) is 9.38. The molecule has 4 heteroatoms. The number of hydrogen-bond donors (Lipinski definition) is 0. The Balaban J connectivity index is 2.33. The quantitative estimate of drug-likeness (QED) is 0.0675. The van der Waals surface area contributed by atoms with Crippen molar-refractivity contribution in [1.29, 1.82) is 0 Å². The summed E-state index contributed by atoms with van der Waals surface area (Å²) < 4.78 is 1.13. The highest BCUT2D eigenvalue weighted by atomic mass is 32.2. The first-order valence-corrected chi connectivity index (χ1v) is 20.7. The summed E-state index contributed by atoms with van der Waals surface area (Å²) in [5.74, 6) is 2.21. The van der Waals surface area contributed by atoms with Crippen LogP contribution in [0.25, 0.3) is 0 Å². The lowest BCUT2D eigenvalue weighted by molar-refractivity contribution is 0.563. The highest BCUT2D eigenvalue weighted by Gasteiger charge is 2.35. The third-order valence-corrected chi connectivity index (χ3v) is 15.3. The molecule has 0 aliphatic carbocycles. The smallest absolute Gasteiger partial charge is 0.104 e. The highest BCUT2D eigenvalue weighted by Crippen LogP contribution is 2.63. The van der Waals surface area contributed by atoms with Crippen molar-refractivity contribution < 1.29 is 0 Å². The first-order chi connectivity index (χ1) is 18.1. The predicted octanol–water partition coefficient (Wildman–Crippen LogP) is 12.8. The Labute approximate surface area is 247 Å². The van der Waals surface area contributed by atoms with Crippen LogP contribution in [-0.4, -0.2) is 27.8 Å². The lowest BCUT2D eigenvalue weighted by Gasteiger charge is -2.28. The molecule has 0 spiro atoms. The summed E-state index contributed by atoms with van der Waals surface area (Å²) in [6, 6.07) is 9.64. The van der Waals surface area contributed by atoms with Crippen LogP contribution in [0.2, 0.25) is 0 Å². The lowest BCUT2D eigenvalue weighted by Crippen LogP contribution is -2.11. The largest absolute Gasteiger partial charge is 0.108 e. The molecule has 214 valence electrons. The van der Waals surface area contributed by atoms with E-state index in [-0.39, 0.29) is 0 Å². The van der Waals surface area contributed by atoms with Crippen molar-refractivity contribution in [2.45, 2.75) is 142 Å². The number of thioether (sulfide) groups is 2. The molecule has 0 heterocycles. The van der Waals surface area contributed by atoms with Gasteiger partial charge in [0.15, 0.2) is 0 Å². The first-order valence-electron chi connectivity index (χ1n) is 15.8. The van der Waals surface area contributed by atoms with Gasteiger partial charge in [-0.15, -0.1) is 23.5 Å². The summed E-state index contributed by atoms with van der Waals surface area (Å²) in [5, 5.41) is 0. The second-order valence-corrected chi connectivity index (χ2v) is 18.7. The summed E-state index contributed by atoms with van der Waals surface area (Å²) in [4.78, 5) is 0. The van der Waals surface area contributed by atoms with Crippen LogP contribution in [0, 0.1) is 0 Å². The van der Waals surface area contributed by atoms with Crippen LogP contribution < -0.4 is 0 Å². The van der Waals surface area contributed by atoms with Gasteiger partial charge in [0.05, 0.1) is 24.6 Å². The van der Waals surface area contributed by atoms with Crippen molar-refractivity contribution in [3.05, 3.63) is 35.4 Å². The molecule has 1 rings (SSSR count). The predicted molar refractivity (Wildman–Crippen MR) is 185 cm³/mol. The number of thiocarbonyl (C=S) groups is 1. The Kier molecular flexibility index (Phi) is 23.2. The van der Waals surface area contributed by atoms with Gasteiger partial charge in [-0.1, -0.05) is 141 Å². The maximum absolute atomic E-state index is 5.67. The minimum atomic E-state index is -0.874. The zero-order chi connectivity index (χ0) is 27.0. The summed E-state index contributed by atoms with van der Waals surface area (Å²) in [5.41, 5.74) is 3.01. The van der Waals surface area contributed by atoms with Crippen LogP contribution in [0.4, 0.5) is 0 Å². The molecular weight excluding hydrogens is 524 g/mol. The molecular formula is C33H60PS3+. The monoisotopic (exact) mass is 583 g/mol. The molecule has 0 aromatic heterocycles. The Bertz CT molecular complexity index is 636. The van der Waals surface area contributed by atoms with E-state index in [0.29, 0.717) is 0 Å². The molecule has 0 aliphatic heterocycles. The molecule has 0 nitrogen and oxygen atoms in total. The second-order valence-electron chi connectivity index (χ2n) is 11.1. The van der Waals surface area contributed by atoms with E-state index in [9.17, 15) is 0 Å². The molecule has 0 amide bonds. The molecule has 0 radical (unpaired) electrons. The molecule has 0 saturated carbocycles. The third kappa shape index (κ3) is 18.4. The zero-order valence-corrected chi connectivity index (χ0v) is 28.4. The number of rotatable bonds is 24. The van der Waals surface area contributed by atoms with Crippen molar-refractivity contribution in [3.63, 3.8) is 0 Å². The van der Waals surface area contributed by atoms with Gasteiger partial charge in [-0.25, -0.2) is 0 Å². The van der Waals surface area contributed by atoms with E-state index >= 15 is 0 Å². The van der Waals surface area contributed by atoms with Gasteiger partial charge in [0.25, 0.3) is 0 Å². The Hall–Kier alpha value is 0.440. The van der Waals surface area contributed by atoms with E-state index < -0.39 is 7.26 Å². The van der Waals surface area contributed by atoms with Gasteiger partial charge < -0.3 is 0 Å². The fraction of sp³-hybridized carbons (Fsp3) is 0.788. The van der Waals surface area contributed by atoms with Crippen LogP contribution >= 0.6 is 43.0 Å². The second kappa shape index (κ2) is 24.3. The average molecular weight is 584 g/mol. The van der Waals surface area contributed by atoms with E-state index in [1.165, 1.54) is 139 Å². The fourth-order valence-electron chi connectivity index (χ4n) is 5.11. The summed E-state index contributed by atoms with van der Waals surface area (Å²) in [7, 11) is -0.874. The topological polar surface area (TPSA) is 0 Å². The Morgan fingerprint density at radius 2 is 1.00 bits per heavy atom. The minimum Gasteiger partial charge on any atom is -0.108 e. The standard InChI is InChI=1S/C33H60PS3/c1-5-9-13-14-15-16-17-18-19-20-28-36-33(35)37-30-32-23-21-31(22-24-32)29-34(25-10-6-2,26-11-7-3)27-12-8-4/h21-24H,5-20,25-30H2,1-4H3/q+1. The van der Waals surface area contributed by atoms with Crippen molar-refractivity contribution in [2.24, 2.45) is 0 Å². The van der Waals surface area contributed by atoms with Crippen LogP contribution in [-0.2, 0) is 11.9 Å². The molecule has 0 bridgehead atoms. The molecule has 0 N–H and O–H groups in total. The van der Waals surface area contributed by atoms with Crippen LogP contribution in [0.15, 0.2) is 24.3 Å². The molecule has 37 heavy (non-hydrogen) atoms.